The van der Waals surface area contributed by atoms with Crippen LogP contribution in [0.2, 0.25) is 0 Å². The number of hydrogen-bond donors (Lipinski definition) is 1. The average molecular weight is 378 g/mol. The SMILES string of the molecule is COc1ccc(-n2nc(C(F)F)cc2-c2ccc(C[SH](=O)=O)cc2)cc1. The fourth-order valence-corrected chi connectivity index (χ4v) is 3.07. The molecule has 0 unspecified atom stereocenters. The van der Waals surface area contributed by atoms with E-state index in [1.807, 2.05) is 0 Å². The van der Waals surface area contributed by atoms with Crippen LogP contribution in [0, 0.1) is 0 Å². The van der Waals surface area contributed by atoms with E-state index in [1.165, 1.54) is 10.7 Å². The van der Waals surface area contributed by atoms with Crippen molar-refractivity contribution in [2.24, 2.45) is 0 Å². The Hall–Kier alpha value is -2.74. The Kier molecular flexibility index (Phi) is 5.32. The number of ether oxygens (including phenoxy) is 1. The zero-order valence-electron chi connectivity index (χ0n) is 13.8. The Balaban J connectivity index is 2.04. The molecule has 0 atom stereocenters. The summed E-state index contributed by atoms with van der Waals surface area (Å²) in [7, 11) is -0.979. The van der Waals surface area contributed by atoms with Crippen LogP contribution in [0.4, 0.5) is 8.78 Å². The first kappa shape index (κ1) is 18.1. The normalized spacial score (nSPS) is 11.3. The molecule has 0 aliphatic rings. The van der Waals surface area contributed by atoms with E-state index in [-0.39, 0.29) is 11.4 Å². The van der Waals surface area contributed by atoms with Crippen LogP contribution in [-0.4, -0.2) is 25.3 Å². The number of alkyl halides is 2. The molecule has 0 saturated heterocycles. The molecule has 5 nitrogen and oxygen atoms in total. The van der Waals surface area contributed by atoms with Crippen molar-refractivity contribution in [3.8, 4) is 22.7 Å². The molecule has 1 heterocycles. The summed E-state index contributed by atoms with van der Waals surface area (Å²) in [5.41, 5.74) is 2.06. The van der Waals surface area contributed by atoms with Gasteiger partial charge in [0.1, 0.15) is 22.1 Å². The van der Waals surface area contributed by atoms with Crippen molar-refractivity contribution < 1.29 is 21.9 Å². The van der Waals surface area contributed by atoms with Crippen LogP contribution >= 0.6 is 0 Å². The van der Waals surface area contributed by atoms with Crippen LogP contribution < -0.4 is 4.74 Å². The maximum absolute atomic E-state index is 13.2. The first-order chi connectivity index (χ1) is 12.5. The summed E-state index contributed by atoms with van der Waals surface area (Å²) >= 11 is 0. The van der Waals surface area contributed by atoms with E-state index < -0.39 is 17.1 Å². The predicted molar refractivity (Wildman–Crippen MR) is 94.5 cm³/mol. The van der Waals surface area contributed by atoms with Crippen molar-refractivity contribution in [1.29, 1.82) is 0 Å². The van der Waals surface area contributed by atoms with Gasteiger partial charge >= 0.3 is 0 Å². The molecule has 2 aromatic carbocycles. The summed E-state index contributed by atoms with van der Waals surface area (Å²) in [4.78, 5) is 0. The molecule has 0 bridgehead atoms. The van der Waals surface area contributed by atoms with Crippen molar-refractivity contribution >= 4 is 10.7 Å². The maximum atomic E-state index is 13.2. The monoisotopic (exact) mass is 378 g/mol. The molecule has 8 heteroatoms. The van der Waals surface area contributed by atoms with Crippen LogP contribution in [-0.2, 0) is 16.5 Å². The zero-order valence-corrected chi connectivity index (χ0v) is 14.7. The van der Waals surface area contributed by atoms with Gasteiger partial charge in [-0.1, -0.05) is 24.3 Å². The third kappa shape index (κ3) is 3.91. The van der Waals surface area contributed by atoms with Gasteiger partial charge in [-0.3, -0.25) is 0 Å². The lowest BCUT2D eigenvalue weighted by Crippen LogP contribution is -2.00. The zero-order chi connectivity index (χ0) is 18.7. The van der Waals surface area contributed by atoms with Gasteiger partial charge in [-0.2, -0.15) is 5.10 Å². The standard InChI is InChI=1S/C18H16F2N2O3S/c1-25-15-8-6-14(7-9-15)22-17(10-16(21-22)18(19)20)13-4-2-12(3-5-13)11-26(23)24/h2-10,18,26H,11H2,1H3. The largest absolute Gasteiger partial charge is 0.497 e. The third-order valence-electron chi connectivity index (χ3n) is 3.83. The van der Waals surface area contributed by atoms with Gasteiger partial charge in [0.05, 0.1) is 24.2 Å². The minimum atomic E-state index is -2.70. The van der Waals surface area contributed by atoms with Crippen LogP contribution in [0.1, 0.15) is 17.7 Å². The van der Waals surface area contributed by atoms with E-state index in [1.54, 1.807) is 55.6 Å². The van der Waals surface area contributed by atoms with Crippen molar-refractivity contribution in [2.75, 3.05) is 7.11 Å². The smallest absolute Gasteiger partial charge is 0.282 e. The van der Waals surface area contributed by atoms with E-state index in [9.17, 15) is 17.2 Å². The highest BCUT2D eigenvalue weighted by Gasteiger charge is 2.17. The van der Waals surface area contributed by atoms with Gasteiger partial charge in [-0.05, 0) is 35.9 Å². The van der Waals surface area contributed by atoms with E-state index in [0.717, 1.165) is 0 Å². The quantitative estimate of drug-likeness (QED) is 0.666. The molecule has 3 rings (SSSR count). The van der Waals surface area contributed by atoms with Gasteiger partial charge in [0.15, 0.2) is 0 Å². The van der Waals surface area contributed by atoms with Gasteiger partial charge < -0.3 is 4.74 Å². The second kappa shape index (κ2) is 7.65. The molecular weight excluding hydrogens is 362 g/mol. The molecule has 1 aromatic heterocycles. The topological polar surface area (TPSA) is 61.2 Å². The van der Waals surface area contributed by atoms with Crippen LogP contribution in [0.5, 0.6) is 5.75 Å². The fourth-order valence-electron chi connectivity index (χ4n) is 2.56. The number of hydrogen-bond acceptors (Lipinski definition) is 4. The molecule has 0 aliphatic carbocycles. The highest BCUT2D eigenvalue weighted by atomic mass is 32.2. The first-order valence-corrected chi connectivity index (χ1v) is 9.08. The molecule has 0 fully saturated rings. The molecule has 3 aromatic rings. The first-order valence-electron chi connectivity index (χ1n) is 7.71. The van der Waals surface area contributed by atoms with Crippen molar-refractivity contribution in [1.82, 2.24) is 9.78 Å². The molecule has 0 N–H and O–H groups in total. The van der Waals surface area contributed by atoms with E-state index in [0.29, 0.717) is 28.3 Å². The number of thiol groups is 1. The number of aromatic nitrogens is 2. The van der Waals surface area contributed by atoms with Crippen LogP contribution in [0.15, 0.2) is 54.6 Å². The number of benzene rings is 2. The lowest BCUT2D eigenvalue weighted by atomic mass is 10.1. The second-order valence-electron chi connectivity index (χ2n) is 5.55. The second-order valence-corrected chi connectivity index (χ2v) is 6.53. The van der Waals surface area contributed by atoms with Crippen LogP contribution in [0.25, 0.3) is 16.9 Å². The molecule has 0 spiro atoms. The highest BCUT2D eigenvalue weighted by Crippen LogP contribution is 2.29. The molecule has 136 valence electrons. The van der Waals surface area contributed by atoms with E-state index in [4.69, 9.17) is 4.74 Å². The van der Waals surface area contributed by atoms with Gasteiger partial charge in [0, 0.05) is 5.56 Å². The minimum Gasteiger partial charge on any atom is -0.497 e. The Morgan fingerprint density at radius 1 is 1.08 bits per heavy atom. The molecular formula is C18H16F2N2O3S. The third-order valence-corrected chi connectivity index (χ3v) is 4.45. The summed E-state index contributed by atoms with van der Waals surface area (Å²) in [5, 5.41) is 4.01. The summed E-state index contributed by atoms with van der Waals surface area (Å²) in [6.07, 6.45) is -2.70. The fraction of sp³-hybridized carbons (Fsp3) is 0.167. The summed E-state index contributed by atoms with van der Waals surface area (Å²) < 4.78 is 54.5. The van der Waals surface area contributed by atoms with Gasteiger partial charge in [-0.25, -0.2) is 21.9 Å². The molecule has 0 radical (unpaired) electrons. The molecule has 0 saturated carbocycles. The van der Waals surface area contributed by atoms with Crippen molar-refractivity contribution in [2.45, 2.75) is 12.2 Å². The number of methoxy groups -OCH3 is 1. The maximum Gasteiger partial charge on any atom is 0.282 e. The Morgan fingerprint density at radius 2 is 1.73 bits per heavy atom. The van der Waals surface area contributed by atoms with Gasteiger partial charge in [0.2, 0.25) is 0 Å². The van der Waals surface area contributed by atoms with Crippen molar-refractivity contribution in [3.63, 3.8) is 0 Å². The highest BCUT2D eigenvalue weighted by molar-refractivity contribution is 7.71. The van der Waals surface area contributed by atoms with E-state index in [2.05, 4.69) is 5.10 Å². The summed E-state index contributed by atoms with van der Waals surface area (Å²) in [6.45, 7) is 0. The average Bonchev–Trinajstić information content (AvgIpc) is 3.07. The summed E-state index contributed by atoms with van der Waals surface area (Å²) in [5.74, 6) is 0.586. The predicted octanol–water partition coefficient (Wildman–Crippen LogP) is 3.60. The summed E-state index contributed by atoms with van der Waals surface area (Å²) in [6, 6.07) is 14.9. The number of rotatable bonds is 6. The lowest BCUT2D eigenvalue weighted by molar-refractivity contribution is 0.145. The Bertz CT molecular complexity index is 957. The van der Waals surface area contributed by atoms with Crippen molar-refractivity contribution in [3.05, 3.63) is 65.9 Å². The molecule has 26 heavy (non-hydrogen) atoms. The number of halogens is 2. The van der Waals surface area contributed by atoms with Gasteiger partial charge in [0.25, 0.3) is 6.43 Å². The molecule has 0 amide bonds. The van der Waals surface area contributed by atoms with E-state index >= 15 is 0 Å². The Morgan fingerprint density at radius 3 is 2.27 bits per heavy atom. The molecule has 0 aliphatic heterocycles. The number of nitrogens with zero attached hydrogens (tertiary/aromatic N) is 2. The van der Waals surface area contributed by atoms with Crippen LogP contribution in [0.3, 0.4) is 0 Å². The lowest BCUT2D eigenvalue weighted by Gasteiger charge is -2.09. The Labute approximate surface area is 150 Å². The minimum absolute atomic E-state index is 0.0599. The van der Waals surface area contributed by atoms with Gasteiger partial charge in [-0.15, -0.1) is 0 Å².